The van der Waals surface area contributed by atoms with Gasteiger partial charge < -0.3 is 4.42 Å². The number of para-hydroxylation sites is 1. The number of hydrogen-bond donors (Lipinski definition) is 0. The lowest BCUT2D eigenvalue weighted by molar-refractivity contribution is 0.628. The summed E-state index contributed by atoms with van der Waals surface area (Å²) in [7, 11) is 0. The summed E-state index contributed by atoms with van der Waals surface area (Å²) in [6.45, 7) is -2.19. The number of benzene rings is 3. The molecular weight excluding hydrogens is 337 g/mol. The van der Waals surface area contributed by atoms with E-state index in [4.69, 9.17) is 8.53 Å². The minimum Gasteiger partial charge on any atom is -0.455 e. The van der Waals surface area contributed by atoms with Crippen molar-refractivity contribution in [3.8, 4) is 22.4 Å². The first-order valence-corrected chi connectivity index (χ1v) is 8.58. The minimum atomic E-state index is -2.19. The molecule has 0 bridgehead atoms. The fourth-order valence-electron chi connectivity index (χ4n) is 3.40. The van der Waals surface area contributed by atoms with Crippen LogP contribution in [0, 0.1) is 12.7 Å². The first-order valence-electron chi connectivity index (χ1n) is 10.1. The molecule has 2 aromatic heterocycles. The van der Waals surface area contributed by atoms with Crippen LogP contribution in [0.4, 0.5) is 4.39 Å². The van der Waals surface area contributed by atoms with Gasteiger partial charge in [-0.1, -0.05) is 36.4 Å². The predicted molar refractivity (Wildman–Crippen MR) is 107 cm³/mol. The van der Waals surface area contributed by atoms with Crippen LogP contribution in [0.15, 0.2) is 83.4 Å². The normalized spacial score (nSPS) is 13.4. The van der Waals surface area contributed by atoms with Gasteiger partial charge in [-0.2, -0.15) is 0 Å². The van der Waals surface area contributed by atoms with E-state index in [0.717, 1.165) is 33.2 Å². The fraction of sp³-hybridized carbons (Fsp3) is 0.0417. The lowest BCUT2D eigenvalue weighted by Crippen LogP contribution is -1.86. The average molecular weight is 356 g/mol. The van der Waals surface area contributed by atoms with Gasteiger partial charge in [0.2, 0.25) is 0 Å². The maximum absolute atomic E-state index is 13.3. The highest BCUT2D eigenvalue weighted by Crippen LogP contribution is 2.36. The maximum Gasteiger partial charge on any atom is 0.144 e. The molecule has 0 saturated heterocycles. The van der Waals surface area contributed by atoms with Gasteiger partial charge in [0.25, 0.3) is 0 Å². The molecule has 27 heavy (non-hydrogen) atoms. The summed E-state index contributed by atoms with van der Waals surface area (Å²) < 4.78 is 42.3. The molecule has 3 aromatic carbocycles. The summed E-state index contributed by atoms with van der Waals surface area (Å²) in [4.78, 5) is 4.51. The predicted octanol–water partition coefficient (Wildman–Crippen LogP) is 6.76. The second-order valence-electron chi connectivity index (χ2n) is 6.43. The molecule has 3 heteroatoms. The molecule has 2 nitrogen and oxygen atoms in total. The second kappa shape index (κ2) is 6.06. The van der Waals surface area contributed by atoms with Crippen molar-refractivity contribution in [1.29, 1.82) is 0 Å². The largest absolute Gasteiger partial charge is 0.455 e. The molecule has 0 amide bonds. The van der Waals surface area contributed by atoms with Crippen molar-refractivity contribution in [2.45, 2.75) is 6.85 Å². The van der Waals surface area contributed by atoms with Crippen molar-refractivity contribution in [3.05, 3.63) is 90.4 Å². The molecule has 2 heterocycles. The number of aryl methyl sites for hydroxylation is 1. The first-order chi connectivity index (χ1) is 14.4. The Hall–Kier alpha value is -3.46. The van der Waals surface area contributed by atoms with Crippen molar-refractivity contribution < 1.29 is 12.9 Å². The number of aromatic nitrogens is 1. The molecule has 0 spiro atoms. The number of hydrogen-bond acceptors (Lipinski definition) is 2. The van der Waals surface area contributed by atoms with Gasteiger partial charge in [0.15, 0.2) is 0 Å². The number of halogens is 1. The quantitative estimate of drug-likeness (QED) is 0.349. The molecular formula is C24H16FNO. The first kappa shape index (κ1) is 12.8. The van der Waals surface area contributed by atoms with Crippen LogP contribution in [0.5, 0.6) is 0 Å². The molecule has 130 valence electrons. The number of rotatable bonds is 2. The Balaban J connectivity index is 1.68. The topological polar surface area (TPSA) is 26.0 Å². The van der Waals surface area contributed by atoms with Crippen molar-refractivity contribution >= 4 is 21.9 Å². The van der Waals surface area contributed by atoms with E-state index in [-0.39, 0.29) is 11.4 Å². The van der Waals surface area contributed by atoms with E-state index in [0.29, 0.717) is 11.2 Å². The lowest BCUT2D eigenvalue weighted by atomic mass is 10.0. The van der Waals surface area contributed by atoms with Crippen LogP contribution in [-0.2, 0) is 0 Å². The van der Waals surface area contributed by atoms with E-state index >= 15 is 0 Å². The molecule has 0 aliphatic carbocycles. The van der Waals surface area contributed by atoms with Gasteiger partial charge in [0.1, 0.15) is 17.0 Å². The number of pyridine rings is 1. The van der Waals surface area contributed by atoms with Gasteiger partial charge in [-0.15, -0.1) is 0 Å². The van der Waals surface area contributed by atoms with Crippen LogP contribution in [0.1, 0.15) is 9.68 Å². The summed E-state index contributed by atoms with van der Waals surface area (Å²) in [5, 5.41) is 1.75. The Labute approximate surface area is 160 Å². The summed E-state index contributed by atoms with van der Waals surface area (Å²) in [5.41, 5.74) is 4.75. The molecule has 0 N–H and O–H groups in total. The van der Waals surface area contributed by atoms with E-state index in [1.54, 1.807) is 36.5 Å². The molecule has 0 atom stereocenters. The Morgan fingerprint density at radius 1 is 0.889 bits per heavy atom. The highest BCUT2D eigenvalue weighted by atomic mass is 19.1. The Morgan fingerprint density at radius 3 is 2.63 bits per heavy atom. The van der Waals surface area contributed by atoms with E-state index < -0.39 is 6.85 Å². The van der Waals surface area contributed by atoms with Crippen molar-refractivity contribution in [3.63, 3.8) is 0 Å². The Kier molecular flexibility index (Phi) is 2.88. The second-order valence-corrected chi connectivity index (χ2v) is 6.43. The van der Waals surface area contributed by atoms with Crippen molar-refractivity contribution in [1.82, 2.24) is 4.98 Å². The highest BCUT2D eigenvalue weighted by molar-refractivity contribution is 6.09. The van der Waals surface area contributed by atoms with Gasteiger partial charge in [-0.25, -0.2) is 4.39 Å². The zero-order valence-corrected chi connectivity index (χ0v) is 14.2. The van der Waals surface area contributed by atoms with E-state index in [2.05, 4.69) is 4.98 Å². The van der Waals surface area contributed by atoms with E-state index in [1.807, 2.05) is 30.3 Å². The van der Waals surface area contributed by atoms with Gasteiger partial charge in [0.05, 0.1) is 5.69 Å². The molecule has 0 saturated carbocycles. The molecule has 0 aliphatic heterocycles. The average Bonchev–Trinajstić information content (AvgIpc) is 3.12. The number of furan rings is 1. The summed E-state index contributed by atoms with van der Waals surface area (Å²) >= 11 is 0. The molecule has 0 unspecified atom stereocenters. The van der Waals surface area contributed by atoms with Crippen LogP contribution in [0.25, 0.3) is 44.3 Å². The number of fused-ring (bicyclic) bond motifs is 3. The van der Waals surface area contributed by atoms with Gasteiger partial charge in [-0.3, -0.25) is 4.98 Å². The van der Waals surface area contributed by atoms with E-state index in [1.165, 1.54) is 12.1 Å². The minimum absolute atomic E-state index is 0.243. The van der Waals surface area contributed by atoms with Gasteiger partial charge in [-0.05, 0) is 59.9 Å². The third-order valence-corrected chi connectivity index (χ3v) is 4.71. The standard InChI is InChI=1S/C24H16FNO/c1-15-5-10-19-20-3-2-4-21(24(20)27-23(19)13-15)22-14-17(11-12-26-22)16-6-8-18(25)9-7-16/h2-14H,1H3/i1D3. The van der Waals surface area contributed by atoms with Crippen LogP contribution in [-0.4, -0.2) is 4.98 Å². The van der Waals surface area contributed by atoms with Gasteiger partial charge >= 0.3 is 0 Å². The van der Waals surface area contributed by atoms with E-state index in [9.17, 15) is 4.39 Å². The molecule has 5 rings (SSSR count). The van der Waals surface area contributed by atoms with Crippen molar-refractivity contribution in [2.75, 3.05) is 0 Å². The molecule has 0 radical (unpaired) electrons. The van der Waals surface area contributed by atoms with Gasteiger partial charge in [0, 0.05) is 26.6 Å². The molecule has 0 fully saturated rings. The third kappa shape index (κ3) is 2.68. The van der Waals surface area contributed by atoms with Crippen LogP contribution in [0.2, 0.25) is 0 Å². The summed E-state index contributed by atoms with van der Waals surface area (Å²) in [6.07, 6.45) is 1.71. The maximum atomic E-state index is 13.3. The Morgan fingerprint density at radius 2 is 1.78 bits per heavy atom. The van der Waals surface area contributed by atoms with Crippen LogP contribution >= 0.6 is 0 Å². The molecule has 0 aliphatic rings. The summed E-state index contributed by atoms with van der Waals surface area (Å²) in [6, 6.07) is 20.9. The third-order valence-electron chi connectivity index (χ3n) is 4.71. The lowest BCUT2D eigenvalue weighted by Gasteiger charge is -2.06. The SMILES string of the molecule is [2H]C([2H])([2H])c1ccc2c(c1)oc1c(-c3cc(-c4ccc(F)cc4)ccn3)cccc12. The van der Waals surface area contributed by atoms with Crippen LogP contribution < -0.4 is 0 Å². The van der Waals surface area contributed by atoms with Crippen molar-refractivity contribution in [2.24, 2.45) is 0 Å². The van der Waals surface area contributed by atoms with Crippen LogP contribution in [0.3, 0.4) is 0 Å². The fourth-order valence-corrected chi connectivity index (χ4v) is 3.40. The Bertz CT molecular complexity index is 1390. The smallest absolute Gasteiger partial charge is 0.144 e. The molecule has 5 aromatic rings. The zero-order chi connectivity index (χ0) is 20.9. The number of nitrogens with zero attached hydrogens (tertiary/aromatic N) is 1. The monoisotopic (exact) mass is 356 g/mol. The highest BCUT2D eigenvalue weighted by Gasteiger charge is 2.13. The zero-order valence-electron chi connectivity index (χ0n) is 17.2. The summed E-state index contributed by atoms with van der Waals surface area (Å²) in [5.74, 6) is -0.281.